The van der Waals surface area contributed by atoms with E-state index in [2.05, 4.69) is 25.2 Å². The average molecular weight is 451 g/mol. The van der Waals surface area contributed by atoms with E-state index in [0.717, 1.165) is 10.9 Å². The van der Waals surface area contributed by atoms with Crippen molar-refractivity contribution in [2.75, 3.05) is 5.73 Å². The number of nitrogens with zero attached hydrogens (tertiary/aromatic N) is 1. The van der Waals surface area contributed by atoms with Gasteiger partial charge in [-0.05, 0) is 36.4 Å². The molecule has 21 heavy (non-hydrogen) atoms. The number of anilines is 1. The molecule has 0 fully saturated rings. The minimum absolute atomic E-state index is 0.389. The third kappa shape index (κ3) is 3.06. The Hall–Kier alpha value is -0.760. The SMILES string of the molecule is Nc1cc(Cl)c(Oc2ccc3c(ccn3SI)c2)c(Cl)c1. The molecule has 3 aromatic rings. The summed E-state index contributed by atoms with van der Waals surface area (Å²) >= 11 is 14.5. The number of rotatable bonds is 3. The van der Waals surface area contributed by atoms with E-state index < -0.39 is 0 Å². The lowest BCUT2D eigenvalue weighted by molar-refractivity contribution is 0.484. The van der Waals surface area contributed by atoms with Crippen LogP contribution in [-0.4, -0.2) is 3.97 Å². The van der Waals surface area contributed by atoms with Crippen molar-refractivity contribution in [2.45, 2.75) is 0 Å². The van der Waals surface area contributed by atoms with Crippen molar-refractivity contribution in [3.8, 4) is 11.5 Å². The maximum absolute atomic E-state index is 6.13. The third-order valence-electron chi connectivity index (χ3n) is 2.94. The topological polar surface area (TPSA) is 40.2 Å². The molecule has 0 saturated carbocycles. The van der Waals surface area contributed by atoms with E-state index in [9.17, 15) is 0 Å². The summed E-state index contributed by atoms with van der Waals surface area (Å²) in [4.78, 5) is 0. The highest BCUT2D eigenvalue weighted by molar-refractivity contribution is 14.2. The zero-order chi connectivity index (χ0) is 15.0. The first-order valence-electron chi connectivity index (χ1n) is 5.91. The van der Waals surface area contributed by atoms with Gasteiger partial charge in [-0.25, -0.2) is 0 Å². The van der Waals surface area contributed by atoms with Gasteiger partial charge in [0, 0.05) is 47.6 Å². The molecule has 3 nitrogen and oxygen atoms in total. The van der Waals surface area contributed by atoms with Crippen LogP contribution < -0.4 is 10.5 Å². The molecular formula is C14H9Cl2IN2OS. The Balaban J connectivity index is 1.99. The number of hydrogen-bond acceptors (Lipinski definition) is 3. The van der Waals surface area contributed by atoms with Crippen LogP contribution in [0.15, 0.2) is 42.6 Å². The average Bonchev–Trinajstić information content (AvgIpc) is 2.85. The molecule has 0 atom stereocenters. The van der Waals surface area contributed by atoms with Crippen LogP contribution >= 0.6 is 53.5 Å². The standard InChI is InChI=1S/C14H9Cl2IN2OS/c15-11-6-9(18)7-12(16)14(11)20-10-1-2-13-8(5-10)3-4-19(13)21-17/h1-7H,18H2. The molecule has 0 aliphatic carbocycles. The van der Waals surface area contributed by atoms with E-state index in [0.29, 0.717) is 27.2 Å². The highest BCUT2D eigenvalue weighted by atomic mass is 127. The largest absolute Gasteiger partial charge is 0.454 e. The minimum Gasteiger partial charge on any atom is -0.454 e. The van der Waals surface area contributed by atoms with Gasteiger partial charge in [-0.15, -0.1) is 0 Å². The molecule has 0 unspecified atom stereocenters. The Morgan fingerprint density at radius 2 is 1.81 bits per heavy atom. The van der Waals surface area contributed by atoms with Crippen LogP contribution in [0.3, 0.4) is 0 Å². The van der Waals surface area contributed by atoms with Crippen LogP contribution in [0.2, 0.25) is 10.0 Å². The molecule has 7 heteroatoms. The summed E-state index contributed by atoms with van der Waals surface area (Å²) in [6.07, 6.45) is 2.01. The number of aromatic nitrogens is 1. The second-order valence-electron chi connectivity index (χ2n) is 4.35. The number of ether oxygens (including phenoxy) is 1. The highest BCUT2D eigenvalue weighted by Crippen LogP contribution is 2.39. The van der Waals surface area contributed by atoms with Gasteiger partial charge in [0.05, 0.1) is 15.6 Å². The first kappa shape index (κ1) is 15.1. The van der Waals surface area contributed by atoms with Crippen LogP contribution in [0.4, 0.5) is 5.69 Å². The van der Waals surface area contributed by atoms with Gasteiger partial charge in [-0.2, -0.15) is 0 Å². The molecule has 0 aliphatic rings. The zero-order valence-corrected chi connectivity index (χ0v) is 15.0. The molecule has 0 saturated heterocycles. The second-order valence-corrected chi connectivity index (χ2v) is 6.87. The van der Waals surface area contributed by atoms with E-state index in [-0.39, 0.29) is 0 Å². The molecule has 2 aromatic carbocycles. The van der Waals surface area contributed by atoms with Crippen molar-refractivity contribution in [2.24, 2.45) is 0 Å². The third-order valence-corrected chi connectivity index (χ3v) is 5.24. The fourth-order valence-corrected chi connectivity index (χ4v) is 3.97. The van der Waals surface area contributed by atoms with Gasteiger partial charge in [0.2, 0.25) is 0 Å². The van der Waals surface area contributed by atoms with Gasteiger partial charge in [0.25, 0.3) is 0 Å². The van der Waals surface area contributed by atoms with Crippen LogP contribution in [0.1, 0.15) is 0 Å². The minimum atomic E-state index is 0.389. The van der Waals surface area contributed by atoms with Crippen LogP contribution in [0, 0.1) is 0 Å². The number of nitrogens with two attached hydrogens (primary N) is 1. The summed E-state index contributed by atoms with van der Waals surface area (Å²) in [7, 11) is 1.61. The highest BCUT2D eigenvalue weighted by Gasteiger charge is 2.11. The fourth-order valence-electron chi connectivity index (χ4n) is 2.01. The van der Waals surface area contributed by atoms with Crippen molar-refractivity contribution in [3.63, 3.8) is 0 Å². The van der Waals surface area contributed by atoms with Crippen LogP contribution in [-0.2, 0) is 0 Å². The lowest BCUT2D eigenvalue weighted by Gasteiger charge is -2.10. The summed E-state index contributed by atoms with van der Waals surface area (Å²) in [6.45, 7) is 0. The van der Waals surface area contributed by atoms with Crippen molar-refractivity contribution in [3.05, 3.63) is 52.6 Å². The molecule has 0 spiro atoms. The van der Waals surface area contributed by atoms with Crippen molar-refractivity contribution < 1.29 is 4.74 Å². The lowest BCUT2D eigenvalue weighted by atomic mass is 10.2. The molecule has 3 rings (SSSR count). The first-order chi connectivity index (χ1) is 10.1. The Morgan fingerprint density at radius 1 is 1.10 bits per heavy atom. The van der Waals surface area contributed by atoms with Crippen molar-refractivity contribution >= 4 is 70.1 Å². The van der Waals surface area contributed by atoms with Gasteiger partial charge in [0.15, 0.2) is 5.75 Å². The zero-order valence-electron chi connectivity index (χ0n) is 10.5. The van der Waals surface area contributed by atoms with E-state index >= 15 is 0 Å². The number of benzene rings is 2. The lowest BCUT2D eigenvalue weighted by Crippen LogP contribution is -1.90. The Kier molecular flexibility index (Phi) is 4.44. The van der Waals surface area contributed by atoms with E-state index in [1.165, 1.54) is 0 Å². The maximum Gasteiger partial charge on any atom is 0.164 e. The molecule has 108 valence electrons. The van der Waals surface area contributed by atoms with Crippen molar-refractivity contribution in [1.29, 1.82) is 0 Å². The first-order valence-corrected chi connectivity index (χ1v) is 9.98. The van der Waals surface area contributed by atoms with Crippen LogP contribution in [0.5, 0.6) is 11.5 Å². The predicted molar refractivity (Wildman–Crippen MR) is 99.9 cm³/mol. The Labute approximate surface area is 148 Å². The smallest absolute Gasteiger partial charge is 0.164 e. The van der Waals surface area contributed by atoms with Gasteiger partial charge in [-0.3, -0.25) is 3.97 Å². The van der Waals surface area contributed by atoms with Gasteiger partial charge < -0.3 is 10.5 Å². The van der Waals surface area contributed by atoms with E-state index in [1.54, 1.807) is 21.3 Å². The normalized spacial score (nSPS) is 11.0. The summed E-state index contributed by atoms with van der Waals surface area (Å²) in [5.41, 5.74) is 7.31. The molecule has 0 amide bonds. The number of hydrogen-bond donors (Lipinski definition) is 1. The molecular weight excluding hydrogens is 442 g/mol. The second kappa shape index (κ2) is 6.16. The van der Waals surface area contributed by atoms with E-state index in [1.807, 2.05) is 30.5 Å². The summed E-state index contributed by atoms with van der Waals surface area (Å²) < 4.78 is 7.88. The molecule has 1 heterocycles. The van der Waals surface area contributed by atoms with Gasteiger partial charge >= 0.3 is 0 Å². The molecule has 0 bridgehead atoms. The molecule has 0 radical (unpaired) electrons. The molecule has 2 N–H and O–H groups in total. The Bertz CT molecular complexity index is 799. The molecule has 1 aromatic heterocycles. The summed E-state index contributed by atoms with van der Waals surface area (Å²) in [5, 5.41) is 1.86. The number of nitrogen functional groups attached to an aromatic ring is 1. The number of halogens is 3. The van der Waals surface area contributed by atoms with Gasteiger partial charge in [-0.1, -0.05) is 23.2 Å². The quantitative estimate of drug-likeness (QED) is 0.383. The maximum atomic E-state index is 6.13. The summed E-state index contributed by atoms with van der Waals surface area (Å²) in [6, 6.07) is 11.1. The fraction of sp³-hybridized carbons (Fsp3) is 0. The van der Waals surface area contributed by atoms with Crippen molar-refractivity contribution in [1.82, 2.24) is 3.97 Å². The van der Waals surface area contributed by atoms with Gasteiger partial charge in [0.1, 0.15) is 5.75 Å². The molecule has 0 aliphatic heterocycles. The predicted octanol–water partition coefficient (Wildman–Crippen LogP) is 6.17. The number of fused-ring (bicyclic) bond motifs is 1. The monoisotopic (exact) mass is 450 g/mol. The van der Waals surface area contributed by atoms with E-state index in [4.69, 9.17) is 33.7 Å². The van der Waals surface area contributed by atoms with Crippen LogP contribution in [0.25, 0.3) is 10.9 Å². The Morgan fingerprint density at radius 3 is 2.48 bits per heavy atom. The summed E-state index contributed by atoms with van der Waals surface area (Å²) in [5.74, 6) is 1.09.